The van der Waals surface area contributed by atoms with Crippen molar-refractivity contribution in [2.24, 2.45) is 0 Å². The number of carbonyl (C=O) groups is 1. The molecule has 1 aromatic carbocycles. The lowest BCUT2D eigenvalue weighted by Crippen LogP contribution is -2.29. The Kier molecular flexibility index (Phi) is 1.37. The van der Waals surface area contributed by atoms with Crippen LogP contribution in [0.5, 0.6) is 0 Å². The average molecular weight is 186 g/mol. The Morgan fingerprint density at radius 1 is 1.36 bits per heavy atom. The maximum Gasteiger partial charge on any atom is 0.227 e. The van der Waals surface area contributed by atoms with E-state index in [1.165, 1.54) is 18.4 Å². The smallest absolute Gasteiger partial charge is 0.227 e. The van der Waals surface area contributed by atoms with Crippen molar-refractivity contribution >= 4 is 11.6 Å². The van der Waals surface area contributed by atoms with E-state index < -0.39 is 0 Å². The van der Waals surface area contributed by atoms with E-state index in [1.807, 2.05) is 17.0 Å². The van der Waals surface area contributed by atoms with Crippen molar-refractivity contribution in [3.63, 3.8) is 0 Å². The molecule has 1 radical (unpaired) electrons. The van der Waals surface area contributed by atoms with Gasteiger partial charge in [0.05, 0.1) is 0 Å². The van der Waals surface area contributed by atoms with Crippen LogP contribution in [0.4, 0.5) is 5.69 Å². The van der Waals surface area contributed by atoms with Gasteiger partial charge in [0.2, 0.25) is 5.91 Å². The first-order valence-corrected chi connectivity index (χ1v) is 4.96. The van der Waals surface area contributed by atoms with Gasteiger partial charge < -0.3 is 4.90 Å². The van der Waals surface area contributed by atoms with Crippen LogP contribution in [0.2, 0.25) is 0 Å². The van der Waals surface area contributed by atoms with Gasteiger partial charge in [-0.3, -0.25) is 4.79 Å². The molecule has 3 rings (SSSR count). The van der Waals surface area contributed by atoms with Crippen molar-refractivity contribution in [3.05, 3.63) is 36.8 Å². The third-order valence-electron chi connectivity index (χ3n) is 3.38. The Hall–Kier alpha value is -1.31. The van der Waals surface area contributed by atoms with Gasteiger partial charge in [-0.05, 0) is 24.5 Å². The Morgan fingerprint density at radius 3 is 2.71 bits per heavy atom. The number of fused-ring (bicyclic) bond motifs is 2. The number of nitrogens with zero attached hydrogens (tertiary/aromatic N) is 1. The first kappa shape index (κ1) is 8.04. The maximum atomic E-state index is 11.3. The molecule has 1 fully saturated rings. The van der Waals surface area contributed by atoms with Crippen LogP contribution < -0.4 is 4.90 Å². The van der Waals surface area contributed by atoms with E-state index >= 15 is 0 Å². The molecule has 0 atom stereocenters. The van der Waals surface area contributed by atoms with Crippen LogP contribution in [-0.2, 0) is 10.2 Å². The molecule has 1 aliphatic heterocycles. The first-order chi connectivity index (χ1) is 6.73. The second-order valence-electron chi connectivity index (χ2n) is 4.28. The van der Waals surface area contributed by atoms with Crippen molar-refractivity contribution in [2.45, 2.75) is 18.3 Å². The highest BCUT2D eigenvalue weighted by atomic mass is 16.2. The quantitative estimate of drug-likeness (QED) is 0.606. The molecule has 1 amide bonds. The van der Waals surface area contributed by atoms with E-state index in [9.17, 15) is 4.79 Å². The topological polar surface area (TPSA) is 20.3 Å². The van der Waals surface area contributed by atoms with E-state index in [0.29, 0.717) is 5.41 Å². The van der Waals surface area contributed by atoms with Crippen LogP contribution in [0.1, 0.15) is 18.4 Å². The summed E-state index contributed by atoms with van der Waals surface area (Å²) in [6.45, 7) is 4.34. The summed E-state index contributed by atoms with van der Waals surface area (Å²) in [4.78, 5) is 13.1. The van der Waals surface area contributed by atoms with Crippen LogP contribution in [0, 0.1) is 6.92 Å². The SMILES string of the molecule is [CH2]C(=O)N1CC2(CC2)c2ccccc21. The lowest BCUT2D eigenvalue weighted by atomic mass is 9.99. The number of anilines is 1. The number of amides is 1. The zero-order chi connectivity index (χ0) is 9.76. The third kappa shape index (κ3) is 0.884. The summed E-state index contributed by atoms with van der Waals surface area (Å²) in [6, 6.07) is 8.20. The van der Waals surface area contributed by atoms with E-state index in [-0.39, 0.29) is 5.91 Å². The van der Waals surface area contributed by atoms with Gasteiger partial charge in [0, 0.05) is 24.6 Å². The lowest BCUT2D eigenvalue weighted by molar-refractivity contribution is -0.114. The van der Waals surface area contributed by atoms with Crippen LogP contribution >= 0.6 is 0 Å². The molecule has 0 unspecified atom stereocenters. The molecule has 0 bridgehead atoms. The van der Waals surface area contributed by atoms with E-state index in [4.69, 9.17) is 0 Å². The molecule has 2 heteroatoms. The number of hydrogen-bond donors (Lipinski definition) is 0. The zero-order valence-corrected chi connectivity index (χ0v) is 7.99. The Bertz CT molecular complexity index is 407. The maximum absolute atomic E-state index is 11.3. The normalized spacial score (nSPS) is 21.1. The Morgan fingerprint density at radius 2 is 2.07 bits per heavy atom. The first-order valence-electron chi connectivity index (χ1n) is 4.96. The summed E-state index contributed by atoms with van der Waals surface area (Å²) in [7, 11) is 0. The highest BCUT2D eigenvalue weighted by Gasteiger charge is 2.52. The summed E-state index contributed by atoms with van der Waals surface area (Å²) in [5.41, 5.74) is 2.71. The molecule has 14 heavy (non-hydrogen) atoms. The average Bonchev–Trinajstić information content (AvgIpc) is 2.86. The van der Waals surface area contributed by atoms with Crippen LogP contribution in [0.25, 0.3) is 0 Å². The number of benzene rings is 1. The van der Waals surface area contributed by atoms with Crippen molar-refractivity contribution in [3.8, 4) is 0 Å². The monoisotopic (exact) mass is 186 g/mol. The molecule has 71 valence electrons. The predicted molar refractivity (Wildman–Crippen MR) is 55.1 cm³/mol. The fourth-order valence-electron chi connectivity index (χ4n) is 2.43. The minimum absolute atomic E-state index is 0.0822. The van der Waals surface area contributed by atoms with Crippen LogP contribution in [-0.4, -0.2) is 12.5 Å². The minimum Gasteiger partial charge on any atom is -0.311 e. The fraction of sp³-hybridized carbons (Fsp3) is 0.333. The Labute approximate surface area is 83.5 Å². The Balaban J connectivity index is 2.14. The van der Waals surface area contributed by atoms with Gasteiger partial charge in [-0.1, -0.05) is 18.2 Å². The van der Waals surface area contributed by atoms with Gasteiger partial charge in [-0.25, -0.2) is 0 Å². The summed E-state index contributed by atoms with van der Waals surface area (Å²) in [5, 5.41) is 0. The number of para-hydroxylation sites is 1. The molecule has 1 aliphatic carbocycles. The van der Waals surface area contributed by atoms with Crippen molar-refractivity contribution < 1.29 is 4.79 Å². The van der Waals surface area contributed by atoms with Crippen LogP contribution in [0.15, 0.2) is 24.3 Å². The van der Waals surface area contributed by atoms with Gasteiger partial charge in [-0.2, -0.15) is 0 Å². The molecular formula is C12H12NO. The molecule has 2 nitrogen and oxygen atoms in total. The molecular weight excluding hydrogens is 174 g/mol. The zero-order valence-electron chi connectivity index (χ0n) is 7.99. The summed E-state index contributed by atoms with van der Waals surface area (Å²) in [5.74, 6) is -0.0822. The lowest BCUT2D eigenvalue weighted by Gasteiger charge is -2.14. The number of hydrogen-bond acceptors (Lipinski definition) is 1. The summed E-state index contributed by atoms with van der Waals surface area (Å²) in [6.07, 6.45) is 2.43. The third-order valence-corrected chi connectivity index (χ3v) is 3.38. The predicted octanol–water partition coefficient (Wildman–Crippen LogP) is 1.90. The standard InChI is InChI=1S/C12H12NO/c1-9(14)13-8-12(6-7-12)10-4-2-3-5-11(10)13/h2-5H,1,6-8H2. The second-order valence-corrected chi connectivity index (χ2v) is 4.28. The largest absolute Gasteiger partial charge is 0.311 e. The number of carbonyl (C=O) groups excluding carboxylic acids is 1. The summed E-state index contributed by atoms with van der Waals surface area (Å²) >= 11 is 0. The molecule has 1 heterocycles. The molecule has 0 N–H and O–H groups in total. The molecule has 1 aromatic rings. The van der Waals surface area contributed by atoms with Crippen molar-refractivity contribution in [1.29, 1.82) is 0 Å². The molecule has 2 aliphatic rings. The van der Waals surface area contributed by atoms with Gasteiger partial charge in [0.1, 0.15) is 0 Å². The van der Waals surface area contributed by atoms with Gasteiger partial charge in [0.25, 0.3) is 0 Å². The van der Waals surface area contributed by atoms with Gasteiger partial charge in [-0.15, -0.1) is 0 Å². The molecule has 0 aromatic heterocycles. The fourth-order valence-corrected chi connectivity index (χ4v) is 2.43. The van der Waals surface area contributed by atoms with E-state index in [2.05, 4.69) is 19.1 Å². The minimum atomic E-state index is -0.0822. The highest BCUT2D eigenvalue weighted by molar-refractivity contribution is 5.99. The molecule has 1 spiro atoms. The van der Waals surface area contributed by atoms with E-state index in [1.54, 1.807) is 0 Å². The second kappa shape index (κ2) is 2.38. The summed E-state index contributed by atoms with van der Waals surface area (Å²) < 4.78 is 0. The van der Waals surface area contributed by atoms with Crippen LogP contribution in [0.3, 0.4) is 0 Å². The van der Waals surface area contributed by atoms with E-state index in [0.717, 1.165) is 12.2 Å². The van der Waals surface area contributed by atoms with Gasteiger partial charge in [0.15, 0.2) is 0 Å². The molecule has 1 saturated carbocycles. The van der Waals surface area contributed by atoms with Crippen molar-refractivity contribution in [1.82, 2.24) is 0 Å². The molecule has 0 saturated heterocycles. The van der Waals surface area contributed by atoms with Gasteiger partial charge >= 0.3 is 0 Å². The van der Waals surface area contributed by atoms with Crippen molar-refractivity contribution in [2.75, 3.05) is 11.4 Å². The highest BCUT2D eigenvalue weighted by Crippen LogP contribution is 2.56. The number of rotatable bonds is 0.